The summed E-state index contributed by atoms with van der Waals surface area (Å²) >= 11 is 1.28. The normalized spacial score (nSPS) is 30.3. The molecule has 1 aromatic rings. The van der Waals surface area contributed by atoms with E-state index in [1.165, 1.54) is 11.8 Å². The van der Waals surface area contributed by atoms with Crippen molar-refractivity contribution in [3.63, 3.8) is 0 Å². The van der Waals surface area contributed by atoms with Crippen molar-refractivity contribution < 1.29 is 24.1 Å². The van der Waals surface area contributed by atoms with Gasteiger partial charge < -0.3 is 24.2 Å². The van der Waals surface area contributed by atoms with Gasteiger partial charge in [-0.2, -0.15) is 0 Å². The lowest BCUT2D eigenvalue weighted by Gasteiger charge is -2.47. The minimum atomic E-state index is -1.01. The van der Waals surface area contributed by atoms with Crippen molar-refractivity contribution in [3.8, 4) is 5.75 Å². The average Bonchev–Trinajstić information content (AvgIpc) is 3.12. The molecule has 2 aliphatic rings. The second kappa shape index (κ2) is 10.2. The molecule has 0 aliphatic carbocycles. The van der Waals surface area contributed by atoms with Gasteiger partial charge in [-0.1, -0.05) is 36.9 Å². The van der Waals surface area contributed by atoms with Crippen molar-refractivity contribution in [2.24, 2.45) is 5.92 Å². The summed E-state index contributed by atoms with van der Waals surface area (Å²) < 4.78 is 17.6. The van der Waals surface area contributed by atoms with Crippen molar-refractivity contribution >= 4 is 17.0 Å². The third-order valence-corrected chi connectivity index (χ3v) is 7.07. The first kappa shape index (κ1) is 23.1. The Hall–Kier alpha value is -1.54. The van der Waals surface area contributed by atoms with Crippen LogP contribution < -0.4 is 4.74 Å². The summed E-state index contributed by atoms with van der Waals surface area (Å²) in [5.41, 5.74) is 1.01. The maximum Gasteiger partial charge on any atom is 0.282 e. The van der Waals surface area contributed by atoms with Crippen LogP contribution in [0, 0.1) is 5.92 Å². The molecule has 1 aromatic carbocycles. The lowest BCUT2D eigenvalue weighted by atomic mass is 9.90. The van der Waals surface area contributed by atoms with Crippen molar-refractivity contribution in [1.29, 1.82) is 0 Å². The molecule has 6 nitrogen and oxygen atoms in total. The van der Waals surface area contributed by atoms with E-state index in [2.05, 4.69) is 13.5 Å². The third-order valence-electron chi connectivity index (χ3n) is 6.11. The SMILES string of the molecule is C=C[C@@H](C)CC[C@@H]1C[C@H](O)C[C@](OC)([C@@H]2CSC(=O)N2Cc2ccc(OC)cc2)O1. The van der Waals surface area contributed by atoms with E-state index in [1.54, 1.807) is 14.2 Å². The maximum atomic E-state index is 12.7. The van der Waals surface area contributed by atoms with Crippen LogP contribution in [0.2, 0.25) is 0 Å². The van der Waals surface area contributed by atoms with E-state index in [4.69, 9.17) is 14.2 Å². The number of carbonyl (C=O) groups excluding carboxylic acids is 1. The minimum absolute atomic E-state index is 0.00716. The van der Waals surface area contributed by atoms with Crippen LogP contribution in [-0.2, 0) is 16.0 Å². The number of methoxy groups -OCH3 is 2. The second-order valence-corrected chi connectivity index (χ2v) is 9.18. The number of hydrogen-bond acceptors (Lipinski definition) is 6. The molecular formula is C23H33NO5S. The first-order chi connectivity index (χ1) is 14.4. The summed E-state index contributed by atoms with van der Waals surface area (Å²) in [5, 5.41) is 10.6. The summed E-state index contributed by atoms with van der Waals surface area (Å²) in [7, 11) is 3.24. The van der Waals surface area contributed by atoms with Crippen LogP contribution >= 0.6 is 11.8 Å². The van der Waals surface area contributed by atoms with Crippen LogP contribution in [0.4, 0.5) is 4.79 Å². The van der Waals surface area contributed by atoms with Gasteiger partial charge in [0.1, 0.15) is 5.75 Å². The molecule has 166 valence electrons. The summed E-state index contributed by atoms with van der Waals surface area (Å²) in [5.74, 6) is 0.734. The fraction of sp³-hybridized carbons (Fsp3) is 0.609. The minimum Gasteiger partial charge on any atom is -0.497 e. The molecular weight excluding hydrogens is 402 g/mol. The van der Waals surface area contributed by atoms with Gasteiger partial charge in [0, 0.05) is 25.8 Å². The quantitative estimate of drug-likeness (QED) is 0.586. The highest BCUT2D eigenvalue weighted by Gasteiger charge is 2.53. The third kappa shape index (κ3) is 5.19. The molecule has 0 saturated carbocycles. The number of benzene rings is 1. The Bertz CT molecular complexity index is 727. The van der Waals surface area contributed by atoms with Gasteiger partial charge in [0.2, 0.25) is 0 Å². The summed E-state index contributed by atoms with van der Waals surface area (Å²) in [6, 6.07) is 7.43. The number of ether oxygens (including phenoxy) is 3. The number of aliphatic hydroxyl groups excluding tert-OH is 1. The number of amides is 1. The van der Waals surface area contributed by atoms with E-state index in [1.807, 2.05) is 35.2 Å². The van der Waals surface area contributed by atoms with Gasteiger partial charge in [-0.05, 0) is 42.9 Å². The highest BCUT2D eigenvalue weighted by atomic mass is 32.2. The Morgan fingerprint density at radius 2 is 2.13 bits per heavy atom. The zero-order valence-corrected chi connectivity index (χ0v) is 18.9. The molecule has 1 amide bonds. The molecule has 2 heterocycles. The molecule has 2 aliphatic heterocycles. The summed E-state index contributed by atoms with van der Waals surface area (Å²) in [6.07, 6.45) is 4.00. The second-order valence-electron chi connectivity index (χ2n) is 8.21. The lowest BCUT2D eigenvalue weighted by Crippen LogP contribution is -2.60. The molecule has 0 unspecified atom stereocenters. The van der Waals surface area contributed by atoms with Crippen molar-refractivity contribution in [2.75, 3.05) is 20.0 Å². The molecule has 5 atom stereocenters. The number of allylic oxidation sites excluding steroid dienone is 1. The standard InChI is InChI=1S/C23H33NO5S/c1-5-16(2)6-9-20-12-18(25)13-23(28-4,29-20)21-15-30-22(26)24(21)14-17-7-10-19(27-3)11-8-17/h5,7-8,10-11,16,18,20-21,25H,1,6,9,12-15H2,2-4H3/t16-,18+,20-,21+,23-/m1/s1. The molecule has 2 fully saturated rings. The lowest BCUT2D eigenvalue weighted by molar-refractivity contribution is -0.305. The van der Waals surface area contributed by atoms with Gasteiger partial charge in [-0.15, -0.1) is 6.58 Å². The van der Waals surface area contributed by atoms with Crippen LogP contribution in [0.3, 0.4) is 0 Å². The van der Waals surface area contributed by atoms with Crippen molar-refractivity contribution in [1.82, 2.24) is 4.90 Å². The molecule has 30 heavy (non-hydrogen) atoms. The van der Waals surface area contributed by atoms with Crippen molar-refractivity contribution in [3.05, 3.63) is 42.5 Å². The fourth-order valence-corrected chi connectivity index (χ4v) is 5.33. The van der Waals surface area contributed by atoms with E-state index in [9.17, 15) is 9.90 Å². The molecule has 0 spiro atoms. The zero-order valence-electron chi connectivity index (χ0n) is 18.1. The van der Waals surface area contributed by atoms with E-state index in [-0.39, 0.29) is 17.4 Å². The molecule has 1 N–H and O–H groups in total. The smallest absolute Gasteiger partial charge is 0.282 e. The van der Waals surface area contributed by atoms with Gasteiger partial charge in [0.25, 0.3) is 5.24 Å². The van der Waals surface area contributed by atoms with Gasteiger partial charge in [-0.25, -0.2) is 0 Å². The summed E-state index contributed by atoms with van der Waals surface area (Å²) in [6.45, 7) is 6.43. The molecule has 3 rings (SSSR count). The van der Waals surface area contributed by atoms with E-state index in [0.717, 1.165) is 24.2 Å². The van der Waals surface area contributed by atoms with E-state index >= 15 is 0 Å². The average molecular weight is 436 g/mol. The maximum absolute atomic E-state index is 12.7. The monoisotopic (exact) mass is 435 g/mol. The molecule has 2 saturated heterocycles. The van der Waals surface area contributed by atoms with Gasteiger partial charge in [-0.3, -0.25) is 4.79 Å². The van der Waals surface area contributed by atoms with Gasteiger partial charge in [0.15, 0.2) is 5.79 Å². The number of rotatable bonds is 9. The fourth-order valence-electron chi connectivity index (χ4n) is 4.24. The molecule has 0 aromatic heterocycles. The Labute approximate surface area is 183 Å². The number of thioether (sulfide) groups is 1. The number of aliphatic hydroxyl groups is 1. The highest BCUT2D eigenvalue weighted by molar-refractivity contribution is 8.13. The Morgan fingerprint density at radius 1 is 1.40 bits per heavy atom. The first-order valence-corrected chi connectivity index (χ1v) is 11.5. The Balaban J connectivity index is 1.77. The van der Waals surface area contributed by atoms with Crippen LogP contribution in [0.1, 0.15) is 38.2 Å². The van der Waals surface area contributed by atoms with Crippen LogP contribution in [0.25, 0.3) is 0 Å². The predicted octanol–water partition coefficient (Wildman–Crippen LogP) is 4.22. The van der Waals surface area contributed by atoms with Crippen LogP contribution in [-0.4, -0.2) is 59.3 Å². The highest BCUT2D eigenvalue weighted by Crippen LogP contribution is 2.42. The molecule has 7 heteroatoms. The van der Waals surface area contributed by atoms with Crippen LogP contribution in [0.5, 0.6) is 5.75 Å². The number of nitrogens with zero attached hydrogens (tertiary/aromatic N) is 1. The topological polar surface area (TPSA) is 68.2 Å². The van der Waals surface area contributed by atoms with Crippen LogP contribution in [0.15, 0.2) is 36.9 Å². The van der Waals surface area contributed by atoms with E-state index in [0.29, 0.717) is 31.1 Å². The number of carbonyl (C=O) groups is 1. The van der Waals surface area contributed by atoms with Crippen molar-refractivity contribution in [2.45, 2.75) is 63.2 Å². The molecule has 0 bridgehead atoms. The molecule has 0 radical (unpaired) electrons. The van der Waals surface area contributed by atoms with Gasteiger partial charge in [0.05, 0.1) is 25.4 Å². The Kier molecular flexibility index (Phi) is 7.85. The summed E-state index contributed by atoms with van der Waals surface area (Å²) in [4.78, 5) is 14.5. The zero-order chi connectivity index (χ0) is 21.7. The first-order valence-electron chi connectivity index (χ1n) is 10.5. The predicted molar refractivity (Wildman–Crippen MR) is 119 cm³/mol. The van der Waals surface area contributed by atoms with Gasteiger partial charge >= 0.3 is 0 Å². The number of hydrogen-bond donors (Lipinski definition) is 1. The largest absolute Gasteiger partial charge is 0.497 e. The van der Waals surface area contributed by atoms with E-state index < -0.39 is 11.9 Å². The Morgan fingerprint density at radius 3 is 2.77 bits per heavy atom.